The number of ether oxygens (including phenoxy) is 1. The average molecular weight is 166 g/mol. The SMILES string of the molecule is O=[C]OCCCBr. The maximum Gasteiger partial charge on any atom is 0.417 e. The summed E-state index contributed by atoms with van der Waals surface area (Å²) in [5.41, 5.74) is 0. The number of rotatable bonds is 4. The van der Waals surface area contributed by atoms with Crippen molar-refractivity contribution in [1.29, 1.82) is 0 Å². The standard InChI is InChI=1S/C4H6BrO2/c5-2-1-3-7-4-6/h1-3H2. The van der Waals surface area contributed by atoms with Crippen LogP contribution in [0.5, 0.6) is 0 Å². The number of hydrogen-bond acceptors (Lipinski definition) is 2. The van der Waals surface area contributed by atoms with Crippen molar-refractivity contribution in [3.8, 4) is 0 Å². The number of hydrogen-bond donors (Lipinski definition) is 0. The molecule has 0 aromatic carbocycles. The molecule has 0 spiro atoms. The molecule has 0 fully saturated rings. The summed E-state index contributed by atoms with van der Waals surface area (Å²) in [5, 5.41) is 0.870. The highest BCUT2D eigenvalue weighted by Crippen LogP contribution is 1.85. The molecule has 41 valence electrons. The van der Waals surface area contributed by atoms with Crippen molar-refractivity contribution < 1.29 is 9.53 Å². The Morgan fingerprint density at radius 3 is 2.86 bits per heavy atom. The molecule has 7 heavy (non-hydrogen) atoms. The van der Waals surface area contributed by atoms with Crippen molar-refractivity contribution >= 4 is 22.4 Å². The highest BCUT2D eigenvalue weighted by molar-refractivity contribution is 9.09. The molecule has 0 aliphatic rings. The highest BCUT2D eigenvalue weighted by Gasteiger charge is 1.80. The third-order valence-electron chi connectivity index (χ3n) is 0.439. The molecule has 0 amide bonds. The summed E-state index contributed by atoms with van der Waals surface area (Å²) < 4.78 is 4.24. The molecule has 0 aliphatic heterocycles. The lowest BCUT2D eigenvalue weighted by molar-refractivity contribution is 0.279. The summed E-state index contributed by atoms with van der Waals surface area (Å²) in [4.78, 5) is 9.32. The molecule has 0 saturated heterocycles. The van der Waals surface area contributed by atoms with E-state index in [0.717, 1.165) is 11.8 Å². The summed E-state index contributed by atoms with van der Waals surface area (Å²) in [6, 6.07) is 0. The van der Waals surface area contributed by atoms with Crippen molar-refractivity contribution in [3.05, 3.63) is 0 Å². The minimum absolute atomic E-state index is 0.467. The summed E-state index contributed by atoms with van der Waals surface area (Å²) in [5.74, 6) is 0. The molecule has 0 saturated carbocycles. The molecule has 0 heterocycles. The van der Waals surface area contributed by atoms with E-state index < -0.39 is 0 Å². The first kappa shape index (κ1) is 6.95. The van der Waals surface area contributed by atoms with Gasteiger partial charge in [-0.15, -0.1) is 0 Å². The first-order valence-electron chi connectivity index (χ1n) is 1.96. The average Bonchev–Trinajstić information content (AvgIpc) is 1.69. The smallest absolute Gasteiger partial charge is 0.417 e. The topological polar surface area (TPSA) is 26.3 Å². The monoisotopic (exact) mass is 165 g/mol. The highest BCUT2D eigenvalue weighted by atomic mass is 79.9. The maximum absolute atomic E-state index is 9.32. The maximum atomic E-state index is 9.32. The van der Waals surface area contributed by atoms with E-state index in [-0.39, 0.29) is 0 Å². The van der Waals surface area contributed by atoms with E-state index in [1.54, 1.807) is 0 Å². The van der Waals surface area contributed by atoms with Crippen LogP contribution in [-0.2, 0) is 9.53 Å². The lowest BCUT2D eigenvalue weighted by Gasteiger charge is -1.88. The Kier molecular flexibility index (Phi) is 5.91. The molecule has 0 rings (SSSR count). The van der Waals surface area contributed by atoms with Gasteiger partial charge in [0.25, 0.3) is 0 Å². The Morgan fingerprint density at radius 2 is 2.43 bits per heavy atom. The Labute approximate surface area is 51.0 Å². The van der Waals surface area contributed by atoms with Gasteiger partial charge in [-0.2, -0.15) is 0 Å². The van der Waals surface area contributed by atoms with E-state index in [0.29, 0.717) is 6.61 Å². The molecule has 0 aliphatic carbocycles. The molecule has 0 bridgehead atoms. The molecule has 0 atom stereocenters. The molecule has 2 nitrogen and oxygen atoms in total. The summed E-state index contributed by atoms with van der Waals surface area (Å²) >= 11 is 3.17. The lowest BCUT2D eigenvalue weighted by atomic mass is 10.5. The van der Waals surface area contributed by atoms with Gasteiger partial charge < -0.3 is 4.74 Å². The van der Waals surface area contributed by atoms with Crippen LogP contribution in [0.25, 0.3) is 0 Å². The van der Waals surface area contributed by atoms with E-state index in [9.17, 15) is 4.79 Å². The third kappa shape index (κ3) is 5.95. The summed E-state index contributed by atoms with van der Waals surface area (Å²) in [6.07, 6.45) is 0.856. The van der Waals surface area contributed by atoms with Crippen LogP contribution in [0.2, 0.25) is 0 Å². The minimum Gasteiger partial charge on any atom is -0.457 e. The second-order valence-corrected chi connectivity index (χ2v) is 1.77. The van der Waals surface area contributed by atoms with Gasteiger partial charge in [-0.05, 0) is 6.42 Å². The van der Waals surface area contributed by atoms with Crippen LogP contribution in [-0.4, -0.2) is 18.4 Å². The van der Waals surface area contributed by atoms with Crippen LogP contribution in [0.1, 0.15) is 6.42 Å². The van der Waals surface area contributed by atoms with Gasteiger partial charge in [0.05, 0.1) is 6.61 Å². The van der Waals surface area contributed by atoms with Gasteiger partial charge in [0.1, 0.15) is 0 Å². The van der Waals surface area contributed by atoms with E-state index >= 15 is 0 Å². The number of halogens is 1. The zero-order valence-electron chi connectivity index (χ0n) is 3.82. The van der Waals surface area contributed by atoms with Crippen LogP contribution in [0.3, 0.4) is 0 Å². The van der Waals surface area contributed by atoms with Crippen molar-refractivity contribution in [2.75, 3.05) is 11.9 Å². The van der Waals surface area contributed by atoms with Gasteiger partial charge in [-0.3, -0.25) is 0 Å². The molecule has 3 heteroatoms. The van der Waals surface area contributed by atoms with E-state index in [2.05, 4.69) is 20.7 Å². The molecule has 0 unspecified atom stereocenters. The predicted molar refractivity (Wildman–Crippen MR) is 30.1 cm³/mol. The van der Waals surface area contributed by atoms with Crippen LogP contribution >= 0.6 is 15.9 Å². The fourth-order valence-electron chi connectivity index (χ4n) is 0.168. The molecular formula is C4H6BrO2. The summed E-state index contributed by atoms with van der Waals surface area (Å²) in [6.45, 7) is 1.80. The quantitative estimate of drug-likeness (QED) is 0.457. The number of carbonyl (C=O) groups excluding carboxylic acids is 1. The first-order valence-corrected chi connectivity index (χ1v) is 3.09. The van der Waals surface area contributed by atoms with Crippen LogP contribution in [0, 0.1) is 0 Å². The Morgan fingerprint density at radius 1 is 1.71 bits per heavy atom. The normalized spacial score (nSPS) is 8.14. The number of alkyl halides is 1. The predicted octanol–water partition coefficient (Wildman–Crippen LogP) is 0.855. The Hall–Kier alpha value is -0.0500. The molecule has 0 aromatic rings. The molecule has 0 N–H and O–H groups in total. The van der Waals surface area contributed by atoms with Gasteiger partial charge in [-0.25, -0.2) is 4.79 Å². The van der Waals surface area contributed by atoms with Gasteiger partial charge in [-0.1, -0.05) is 15.9 Å². The van der Waals surface area contributed by atoms with Crippen LogP contribution in [0.15, 0.2) is 0 Å². The lowest BCUT2D eigenvalue weighted by Crippen LogP contribution is -1.90. The van der Waals surface area contributed by atoms with Gasteiger partial charge in [0.15, 0.2) is 0 Å². The van der Waals surface area contributed by atoms with Crippen molar-refractivity contribution in [1.82, 2.24) is 0 Å². The van der Waals surface area contributed by atoms with Gasteiger partial charge in [0, 0.05) is 5.33 Å². The van der Waals surface area contributed by atoms with Crippen molar-refractivity contribution in [2.24, 2.45) is 0 Å². The molecule has 0 aromatic heterocycles. The Balaban J connectivity index is 2.56. The van der Waals surface area contributed by atoms with E-state index in [1.165, 1.54) is 6.47 Å². The molecule has 1 radical (unpaired) electrons. The van der Waals surface area contributed by atoms with Crippen molar-refractivity contribution in [2.45, 2.75) is 6.42 Å². The molecular weight excluding hydrogens is 160 g/mol. The minimum atomic E-state index is 0.467. The zero-order valence-corrected chi connectivity index (χ0v) is 5.40. The largest absolute Gasteiger partial charge is 0.457 e. The van der Waals surface area contributed by atoms with Crippen molar-refractivity contribution in [3.63, 3.8) is 0 Å². The first-order chi connectivity index (χ1) is 3.41. The van der Waals surface area contributed by atoms with E-state index in [4.69, 9.17) is 0 Å². The fraction of sp³-hybridized carbons (Fsp3) is 0.750. The summed E-state index contributed by atoms with van der Waals surface area (Å²) in [7, 11) is 0. The zero-order chi connectivity index (χ0) is 5.54. The van der Waals surface area contributed by atoms with Crippen LogP contribution < -0.4 is 0 Å². The van der Waals surface area contributed by atoms with Crippen LogP contribution in [0.4, 0.5) is 0 Å². The van der Waals surface area contributed by atoms with Gasteiger partial charge >= 0.3 is 6.47 Å². The van der Waals surface area contributed by atoms with E-state index in [1.807, 2.05) is 0 Å². The Bertz CT molecular complexity index is 47.0. The second-order valence-electron chi connectivity index (χ2n) is 0.974. The van der Waals surface area contributed by atoms with Gasteiger partial charge in [0.2, 0.25) is 0 Å². The third-order valence-corrected chi connectivity index (χ3v) is 1.000. The fourth-order valence-corrected chi connectivity index (χ4v) is 0.397. The second kappa shape index (κ2) is 5.95.